The van der Waals surface area contributed by atoms with E-state index in [2.05, 4.69) is 41.4 Å². The molecule has 0 spiro atoms. The Bertz CT molecular complexity index is 371. The Morgan fingerprint density at radius 3 is 2.94 bits per heavy atom. The van der Waals surface area contributed by atoms with Gasteiger partial charge in [-0.1, -0.05) is 27.2 Å². The lowest BCUT2D eigenvalue weighted by Crippen LogP contribution is -2.33. The monoisotopic (exact) mass is 268 g/mol. The number of rotatable bonds is 7. The standard InChI is InChI=1S/C13H24N4S/c1-4-5-7-15-13(14)16-8-6-11-9-18-12(17-11)10(2)3/h9-10H,4-8H2,1-3H3,(H3,14,15,16). The van der Waals surface area contributed by atoms with Crippen molar-refractivity contribution in [1.29, 1.82) is 0 Å². The maximum absolute atomic E-state index is 5.75. The minimum atomic E-state index is 0.511. The van der Waals surface area contributed by atoms with Crippen LogP contribution in [0.15, 0.2) is 10.4 Å². The molecule has 3 N–H and O–H groups in total. The summed E-state index contributed by atoms with van der Waals surface area (Å²) in [7, 11) is 0. The molecule has 5 heteroatoms. The van der Waals surface area contributed by atoms with Crippen LogP contribution in [-0.2, 0) is 6.42 Å². The zero-order valence-electron chi connectivity index (χ0n) is 11.6. The maximum Gasteiger partial charge on any atom is 0.188 e. The molecule has 0 aliphatic heterocycles. The van der Waals surface area contributed by atoms with E-state index in [4.69, 9.17) is 5.73 Å². The number of guanidine groups is 1. The lowest BCUT2D eigenvalue weighted by molar-refractivity contribution is 0.783. The van der Waals surface area contributed by atoms with Gasteiger partial charge in [-0.25, -0.2) is 4.98 Å². The van der Waals surface area contributed by atoms with Crippen molar-refractivity contribution in [2.24, 2.45) is 10.7 Å². The Morgan fingerprint density at radius 1 is 1.56 bits per heavy atom. The quantitative estimate of drug-likeness (QED) is 0.454. The van der Waals surface area contributed by atoms with Gasteiger partial charge in [-0.05, 0) is 6.42 Å². The molecule has 0 aromatic carbocycles. The molecule has 0 atom stereocenters. The number of hydrogen-bond donors (Lipinski definition) is 2. The first-order valence-electron chi connectivity index (χ1n) is 6.61. The third-order valence-corrected chi connectivity index (χ3v) is 3.74. The highest BCUT2D eigenvalue weighted by Crippen LogP contribution is 2.19. The third kappa shape index (κ3) is 5.49. The molecule has 0 unspecified atom stereocenters. The summed E-state index contributed by atoms with van der Waals surface area (Å²) in [5, 5.41) is 6.45. The minimum Gasteiger partial charge on any atom is -0.370 e. The summed E-state index contributed by atoms with van der Waals surface area (Å²) in [4.78, 5) is 8.82. The van der Waals surface area contributed by atoms with E-state index in [0.717, 1.165) is 38.0 Å². The molecule has 1 aromatic rings. The summed E-state index contributed by atoms with van der Waals surface area (Å²) in [6.45, 7) is 8.08. The lowest BCUT2D eigenvalue weighted by Gasteiger charge is -2.04. The normalized spacial score (nSPS) is 12.1. The van der Waals surface area contributed by atoms with Crippen LogP contribution in [0.25, 0.3) is 0 Å². The average molecular weight is 268 g/mol. The van der Waals surface area contributed by atoms with Crippen molar-refractivity contribution in [2.75, 3.05) is 13.1 Å². The molecule has 1 heterocycles. The van der Waals surface area contributed by atoms with E-state index in [1.807, 2.05) is 0 Å². The van der Waals surface area contributed by atoms with Gasteiger partial charge in [0.15, 0.2) is 5.96 Å². The SMILES string of the molecule is CCCCN=C(N)NCCc1csc(C(C)C)n1. The van der Waals surface area contributed by atoms with Crippen LogP contribution < -0.4 is 11.1 Å². The summed E-state index contributed by atoms with van der Waals surface area (Å²) >= 11 is 1.73. The van der Waals surface area contributed by atoms with Crippen LogP contribution in [0.5, 0.6) is 0 Å². The Kier molecular flexibility index (Phi) is 6.72. The number of aromatic nitrogens is 1. The summed E-state index contributed by atoms with van der Waals surface area (Å²) in [6, 6.07) is 0. The first-order valence-corrected chi connectivity index (χ1v) is 7.49. The molecule has 1 aromatic heterocycles. The highest BCUT2D eigenvalue weighted by molar-refractivity contribution is 7.09. The zero-order chi connectivity index (χ0) is 13.4. The number of unbranched alkanes of at least 4 members (excludes halogenated alkanes) is 1. The molecule has 1 rings (SSSR count). The van der Waals surface area contributed by atoms with E-state index in [0.29, 0.717) is 11.9 Å². The van der Waals surface area contributed by atoms with Crippen molar-refractivity contribution in [2.45, 2.75) is 46.0 Å². The van der Waals surface area contributed by atoms with Crippen molar-refractivity contribution in [3.05, 3.63) is 16.1 Å². The zero-order valence-corrected chi connectivity index (χ0v) is 12.4. The number of nitrogens with zero attached hydrogens (tertiary/aromatic N) is 2. The van der Waals surface area contributed by atoms with Gasteiger partial charge in [0.2, 0.25) is 0 Å². The fourth-order valence-corrected chi connectivity index (χ4v) is 2.30. The summed E-state index contributed by atoms with van der Waals surface area (Å²) in [5.74, 6) is 1.06. The fraction of sp³-hybridized carbons (Fsp3) is 0.692. The highest BCUT2D eigenvalue weighted by Gasteiger charge is 2.05. The maximum atomic E-state index is 5.75. The molecule has 0 bridgehead atoms. The second-order valence-corrected chi connectivity index (χ2v) is 5.52. The molecule has 0 amide bonds. The summed E-state index contributed by atoms with van der Waals surface area (Å²) in [6.07, 6.45) is 3.13. The van der Waals surface area contributed by atoms with Crippen LogP contribution in [0.2, 0.25) is 0 Å². The molecular formula is C13H24N4S. The first-order chi connectivity index (χ1) is 8.63. The molecule has 0 saturated carbocycles. The minimum absolute atomic E-state index is 0.511. The van der Waals surface area contributed by atoms with Crippen molar-refractivity contribution in [3.8, 4) is 0 Å². The van der Waals surface area contributed by atoms with Gasteiger partial charge in [0, 0.05) is 30.8 Å². The Hall–Kier alpha value is -1.10. The van der Waals surface area contributed by atoms with Crippen LogP contribution >= 0.6 is 11.3 Å². The predicted molar refractivity (Wildman–Crippen MR) is 79.3 cm³/mol. The van der Waals surface area contributed by atoms with Gasteiger partial charge in [-0.15, -0.1) is 11.3 Å². The van der Waals surface area contributed by atoms with Crippen LogP contribution in [0, 0.1) is 0 Å². The molecule has 0 saturated heterocycles. The first kappa shape index (κ1) is 15.0. The number of hydrogen-bond acceptors (Lipinski definition) is 3. The topological polar surface area (TPSA) is 63.3 Å². The molecule has 0 aliphatic rings. The van der Waals surface area contributed by atoms with Crippen LogP contribution in [0.4, 0.5) is 0 Å². The fourth-order valence-electron chi connectivity index (χ4n) is 1.43. The number of nitrogens with two attached hydrogens (primary N) is 1. The summed E-state index contributed by atoms with van der Waals surface area (Å²) < 4.78 is 0. The van der Waals surface area contributed by atoms with E-state index < -0.39 is 0 Å². The molecule has 4 nitrogen and oxygen atoms in total. The number of nitrogens with one attached hydrogen (secondary N) is 1. The summed E-state index contributed by atoms with van der Waals surface area (Å²) in [5.41, 5.74) is 6.89. The van der Waals surface area contributed by atoms with Crippen LogP contribution in [0.3, 0.4) is 0 Å². The molecule has 0 aliphatic carbocycles. The van der Waals surface area contributed by atoms with Gasteiger partial charge in [0.05, 0.1) is 10.7 Å². The van der Waals surface area contributed by atoms with Crippen LogP contribution in [-0.4, -0.2) is 24.0 Å². The second kappa shape index (κ2) is 8.08. The van der Waals surface area contributed by atoms with E-state index in [1.165, 1.54) is 5.01 Å². The molecule has 18 heavy (non-hydrogen) atoms. The van der Waals surface area contributed by atoms with Gasteiger partial charge >= 0.3 is 0 Å². The van der Waals surface area contributed by atoms with Gasteiger partial charge in [0.1, 0.15) is 0 Å². The average Bonchev–Trinajstić information content (AvgIpc) is 2.78. The van der Waals surface area contributed by atoms with Gasteiger partial charge in [0.25, 0.3) is 0 Å². The lowest BCUT2D eigenvalue weighted by atomic mass is 10.2. The Balaban J connectivity index is 2.26. The van der Waals surface area contributed by atoms with E-state index in [1.54, 1.807) is 11.3 Å². The van der Waals surface area contributed by atoms with Crippen LogP contribution in [0.1, 0.15) is 50.2 Å². The van der Waals surface area contributed by atoms with Crippen molar-refractivity contribution in [3.63, 3.8) is 0 Å². The van der Waals surface area contributed by atoms with Crippen molar-refractivity contribution < 1.29 is 0 Å². The van der Waals surface area contributed by atoms with E-state index in [9.17, 15) is 0 Å². The van der Waals surface area contributed by atoms with Crippen molar-refractivity contribution >= 4 is 17.3 Å². The predicted octanol–water partition coefficient (Wildman–Crippen LogP) is 2.51. The smallest absolute Gasteiger partial charge is 0.188 e. The Labute approximate surface area is 114 Å². The van der Waals surface area contributed by atoms with Gasteiger partial charge < -0.3 is 11.1 Å². The molecular weight excluding hydrogens is 244 g/mol. The highest BCUT2D eigenvalue weighted by atomic mass is 32.1. The molecule has 0 fully saturated rings. The van der Waals surface area contributed by atoms with E-state index in [-0.39, 0.29) is 0 Å². The third-order valence-electron chi connectivity index (χ3n) is 2.54. The van der Waals surface area contributed by atoms with Gasteiger partial charge in [-0.2, -0.15) is 0 Å². The molecule has 0 radical (unpaired) electrons. The molecule has 102 valence electrons. The Morgan fingerprint density at radius 2 is 2.33 bits per heavy atom. The second-order valence-electron chi connectivity index (χ2n) is 4.63. The number of aliphatic imine (C=N–C) groups is 1. The van der Waals surface area contributed by atoms with E-state index >= 15 is 0 Å². The van der Waals surface area contributed by atoms with Gasteiger partial charge in [-0.3, -0.25) is 4.99 Å². The van der Waals surface area contributed by atoms with Crippen molar-refractivity contribution in [1.82, 2.24) is 10.3 Å². The number of thiazole rings is 1. The largest absolute Gasteiger partial charge is 0.370 e.